The fourth-order valence-corrected chi connectivity index (χ4v) is 2.79. The molecular formula is C15H9BrCl2F2O. The normalized spacial score (nSPS) is 10.7. The molecule has 21 heavy (non-hydrogen) atoms. The molecule has 6 heteroatoms. The van der Waals surface area contributed by atoms with Gasteiger partial charge in [0, 0.05) is 28.5 Å². The van der Waals surface area contributed by atoms with Gasteiger partial charge in [0.1, 0.15) is 17.4 Å². The second-order valence-corrected chi connectivity index (χ2v) is 6.08. The Kier molecular flexibility index (Phi) is 5.36. The highest BCUT2D eigenvalue weighted by atomic mass is 79.9. The number of ketones is 1. The highest BCUT2D eigenvalue weighted by Crippen LogP contribution is 2.26. The van der Waals surface area contributed by atoms with E-state index in [-0.39, 0.29) is 28.7 Å². The number of Topliss-reactive ketones (excluding diaryl/α,β-unsaturated/α-hetero) is 1. The van der Waals surface area contributed by atoms with Gasteiger partial charge in [0.05, 0.1) is 4.47 Å². The van der Waals surface area contributed by atoms with Crippen molar-refractivity contribution < 1.29 is 13.6 Å². The van der Waals surface area contributed by atoms with Crippen molar-refractivity contribution in [3.8, 4) is 0 Å². The summed E-state index contributed by atoms with van der Waals surface area (Å²) in [6, 6.07) is 7.24. The van der Waals surface area contributed by atoms with Crippen molar-refractivity contribution in [1.82, 2.24) is 0 Å². The molecule has 0 aromatic heterocycles. The molecule has 2 aromatic rings. The van der Waals surface area contributed by atoms with Crippen LogP contribution in [-0.2, 0) is 17.6 Å². The van der Waals surface area contributed by atoms with Crippen LogP contribution in [0.15, 0.2) is 34.8 Å². The molecule has 0 aliphatic rings. The molecule has 0 N–H and O–H groups in total. The van der Waals surface area contributed by atoms with Gasteiger partial charge in [-0.3, -0.25) is 4.79 Å². The van der Waals surface area contributed by atoms with E-state index in [2.05, 4.69) is 15.9 Å². The van der Waals surface area contributed by atoms with E-state index in [0.717, 1.165) is 6.07 Å². The standard InChI is InChI=1S/C15H9BrCl2F2O/c16-11-4-5-14(19)10(15(11)20)7-8(21)6-9-12(17)2-1-3-13(9)18/h1-5H,6-7H2. The summed E-state index contributed by atoms with van der Waals surface area (Å²) in [5.41, 5.74) is 0.194. The largest absolute Gasteiger partial charge is 0.299 e. The van der Waals surface area contributed by atoms with E-state index in [9.17, 15) is 13.6 Å². The van der Waals surface area contributed by atoms with Gasteiger partial charge in [-0.1, -0.05) is 29.3 Å². The Morgan fingerprint density at radius 1 is 1.00 bits per heavy atom. The number of hydrogen-bond donors (Lipinski definition) is 0. The van der Waals surface area contributed by atoms with Crippen LogP contribution in [-0.4, -0.2) is 5.78 Å². The van der Waals surface area contributed by atoms with Gasteiger partial charge in [0.25, 0.3) is 0 Å². The van der Waals surface area contributed by atoms with Gasteiger partial charge in [-0.15, -0.1) is 0 Å². The van der Waals surface area contributed by atoms with E-state index in [1.54, 1.807) is 18.2 Å². The predicted octanol–water partition coefficient (Wildman–Crippen LogP) is 5.39. The second-order valence-electron chi connectivity index (χ2n) is 4.41. The number of benzene rings is 2. The lowest BCUT2D eigenvalue weighted by molar-refractivity contribution is -0.117. The maximum absolute atomic E-state index is 13.8. The molecule has 2 aromatic carbocycles. The maximum Gasteiger partial charge on any atom is 0.143 e. The van der Waals surface area contributed by atoms with E-state index < -0.39 is 11.6 Å². The molecule has 0 bridgehead atoms. The van der Waals surface area contributed by atoms with Crippen LogP contribution >= 0.6 is 39.1 Å². The summed E-state index contributed by atoms with van der Waals surface area (Å²) >= 11 is 14.9. The summed E-state index contributed by atoms with van der Waals surface area (Å²) in [4.78, 5) is 12.0. The van der Waals surface area contributed by atoms with Gasteiger partial charge >= 0.3 is 0 Å². The van der Waals surface area contributed by atoms with Gasteiger partial charge in [-0.2, -0.15) is 0 Å². The van der Waals surface area contributed by atoms with Crippen LogP contribution in [0.3, 0.4) is 0 Å². The molecule has 0 saturated heterocycles. The SMILES string of the molecule is O=C(Cc1c(Cl)cccc1Cl)Cc1c(F)ccc(Br)c1F. The molecule has 0 unspecified atom stereocenters. The molecule has 0 aliphatic heterocycles. The van der Waals surface area contributed by atoms with Gasteiger partial charge in [-0.25, -0.2) is 8.78 Å². The molecule has 0 radical (unpaired) electrons. The van der Waals surface area contributed by atoms with Crippen molar-refractivity contribution in [1.29, 1.82) is 0 Å². The molecule has 2 rings (SSSR count). The number of carbonyl (C=O) groups is 1. The number of carbonyl (C=O) groups excluding carboxylic acids is 1. The quantitative estimate of drug-likeness (QED) is 0.636. The summed E-state index contributed by atoms with van der Waals surface area (Å²) in [7, 11) is 0. The first-order valence-corrected chi connectivity index (χ1v) is 7.52. The lowest BCUT2D eigenvalue weighted by atomic mass is 10.0. The van der Waals surface area contributed by atoms with E-state index in [1.807, 2.05) is 0 Å². The Balaban J connectivity index is 2.22. The Bertz CT molecular complexity index is 684. The van der Waals surface area contributed by atoms with E-state index in [1.165, 1.54) is 6.07 Å². The minimum Gasteiger partial charge on any atom is -0.299 e. The van der Waals surface area contributed by atoms with Crippen molar-refractivity contribution in [3.63, 3.8) is 0 Å². The lowest BCUT2D eigenvalue weighted by Crippen LogP contribution is -2.10. The third kappa shape index (κ3) is 3.82. The summed E-state index contributed by atoms with van der Waals surface area (Å²) in [5, 5.41) is 0.706. The van der Waals surface area contributed by atoms with Gasteiger partial charge < -0.3 is 0 Å². The smallest absolute Gasteiger partial charge is 0.143 e. The molecule has 0 saturated carbocycles. The van der Waals surface area contributed by atoms with Crippen LogP contribution in [0, 0.1) is 11.6 Å². The van der Waals surface area contributed by atoms with Crippen LogP contribution < -0.4 is 0 Å². The topological polar surface area (TPSA) is 17.1 Å². The van der Waals surface area contributed by atoms with Crippen molar-refractivity contribution in [2.75, 3.05) is 0 Å². The molecule has 0 spiro atoms. The highest BCUT2D eigenvalue weighted by Gasteiger charge is 2.17. The third-order valence-electron chi connectivity index (χ3n) is 2.95. The monoisotopic (exact) mass is 392 g/mol. The molecule has 0 heterocycles. The first-order valence-electron chi connectivity index (χ1n) is 5.97. The van der Waals surface area contributed by atoms with Crippen molar-refractivity contribution in [2.45, 2.75) is 12.8 Å². The minimum atomic E-state index is -0.770. The lowest BCUT2D eigenvalue weighted by Gasteiger charge is -2.08. The second kappa shape index (κ2) is 6.86. The molecule has 0 fully saturated rings. The zero-order valence-corrected chi connectivity index (χ0v) is 13.7. The summed E-state index contributed by atoms with van der Waals surface area (Å²) < 4.78 is 27.6. The van der Waals surface area contributed by atoms with E-state index >= 15 is 0 Å². The molecule has 1 nitrogen and oxygen atoms in total. The van der Waals surface area contributed by atoms with Crippen LogP contribution in [0.25, 0.3) is 0 Å². The fourth-order valence-electron chi connectivity index (χ4n) is 1.89. The summed E-state index contributed by atoms with van der Waals surface area (Å²) in [5.74, 6) is -1.90. The Hall–Kier alpha value is -0.970. The molecule has 110 valence electrons. The van der Waals surface area contributed by atoms with Crippen LogP contribution in [0.1, 0.15) is 11.1 Å². The molecular weight excluding hydrogens is 385 g/mol. The van der Waals surface area contributed by atoms with E-state index in [0.29, 0.717) is 15.6 Å². The Morgan fingerprint density at radius 2 is 1.57 bits per heavy atom. The third-order valence-corrected chi connectivity index (χ3v) is 4.27. The minimum absolute atomic E-state index is 0.0795. The number of halogens is 5. The van der Waals surface area contributed by atoms with Gasteiger partial charge in [0.15, 0.2) is 0 Å². The molecule has 0 atom stereocenters. The molecule has 0 aliphatic carbocycles. The van der Waals surface area contributed by atoms with Crippen molar-refractivity contribution >= 4 is 44.9 Å². The summed E-state index contributed by atoms with van der Waals surface area (Å²) in [6.07, 6.45) is -0.442. The van der Waals surface area contributed by atoms with Crippen molar-refractivity contribution in [3.05, 3.63) is 67.6 Å². The predicted molar refractivity (Wildman–Crippen MR) is 82.9 cm³/mol. The zero-order valence-electron chi connectivity index (χ0n) is 10.6. The molecule has 0 amide bonds. The van der Waals surface area contributed by atoms with Crippen molar-refractivity contribution in [2.24, 2.45) is 0 Å². The first kappa shape index (κ1) is 16.4. The Labute approximate surface area is 139 Å². The maximum atomic E-state index is 13.8. The van der Waals surface area contributed by atoms with Crippen LogP contribution in [0.4, 0.5) is 8.78 Å². The van der Waals surface area contributed by atoms with Crippen LogP contribution in [0.5, 0.6) is 0 Å². The Morgan fingerprint density at radius 3 is 2.19 bits per heavy atom. The summed E-state index contributed by atoms with van der Waals surface area (Å²) in [6.45, 7) is 0. The average molecular weight is 394 g/mol. The highest BCUT2D eigenvalue weighted by molar-refractivity contribution is 9.10. The zero-order chi connectivity index (χ0) is 15.6. The fraction of sp³-hybridized carbons (Fsp3) is 0.133. The van der Waals surface area contributed by atoms with Gasteiger partial charge in [0.2, 0.25) is 0 Å². The average Bonchev–Trinajstić information content (AvgIpc) is 2.43. The van der Waals surface area contributed by atoms with Gasteiger partial charge in [-0.05, 0) is 45.8 Å². The van der Waals surface area contributed by atoms with Crippen LogP contribution in [0.2, 0.25) is 10.0 Å². The number of rotatable bonds is 4. The first-order chi connectivity index (χ1) is 9.90. The number of hydrogen-bond acceptors (Lipinski definition) is 1. The van der Waals surface area contributed by atoms with E-state index in [4.69, 9.17) is 23.2 Å².